The summed E-state index contributed by atoms with van der Waals surface area (Å²) in [7, 11) is 0. The number of hydrogen-bond donors (Lipinski definition) is 0. The van der Waals surface area contributed by atoms with Crippen molar-refractivity contribution < 1.29 is 4.74 Å². The van der Waals surface area contributed by atoms with Crippen molar-refractivity contribution in [1.29, 1.82) is 0 Å². The molecule has 2 heteroatoms. The van der Waals surface area contributed by atoms with Crippen molar-refractivity contribution in [2.24, 2.45) is 0 Å². The molecule has 0 radical (unpaired) electrons. The van der Waals surface area contributed by atoms with Gasteiger partial charge in [0.2, 0.25) is 5.88 Å². The highest BCUT2D eigenvalue weighted by atomic mass is 16.5. The Hall–Kier alpha value is -2.53. The number of rotatable bonds is 2. The summed E-state index contributed by atoms with van der Waals surface area (Å²) in [6.07, 6.45) is 7.05. The number of allylic oxidation sites excluding steroid dienone is 2. The van der Waals surface area contributed by atoms with Gasteiger partial charge >= 0.3 is 0 Å². The molecular formula is C23H25NO. The maximum Gasteiger partial charge on any atom is 0.214 e. The molecule has 0 aliphatic heterocycles. The van der Waals surface area contributed by atoms with Crippen molar-refractivity contribution in [1.82, 2.24) is 4.98 Å². The quantitative estimate of drug-likeness (QED) is 0.651. The maximum atomic E-state index is 5.90. The second kappa shape index (κ2) is 7.57. The Morgan fingerprint density at radius 1 is 0.960 bits per heavy atom. The van der Waals surface area contributed by atoms with E-state index in [0.29, 0.717) is 5.88 Å². The third-order valence-electron chi connectivity index (χ3n) is 3.99. The first-order chi connectivity index (χ1) is 12.0. The fourth-order valence-electron chi connectivity index (χ4n) is 2.85. The van der Waals surface area contributed by atoms with E-state index in [-0.39, 0.29) is 5.60 Å². The molecule has 1 aliphatic rings. The smallest absolute Gasteiger partial charge is 0.214 e. The summed E-state index contributed by atoms with van der Waals surface area (Å²) < 4.78 is 5.90. The maximum absolute atomic E-state index is 5.90. The van der Waals surface area contributed by atoms with Gasteiger partial charge in [-0.1, -0.05) is 42.2 Å². The molecule has 0 unspecified atom stereocenters. The van der Waals surface area contributed by atoms with E-state index in [4.69, 9.17) is 4.74 Å². The van der Waals surface area contributed by atoms with E-state index in [9.17, 15) is 0 Å². The lowest BCUT2D eigenvalue weighted by Crippen LogP contribution is -2.23. The van der Waals surface area contributed by atoms with Gasteiger partial charge in [0, 0.05) is 17.2 Å². The minimum Gasteiger partial charge on any atom is -0.472 e. The molecule has 128 valence electrons. The van der Waals surface area contributed by atoms with Crippen molar-refractivity contribution in [2.45, 2.75) is 52.1 Å². The van der Waals surface area contributed by atoms with Crippen LogP contribution in [0.2, 0.25) is 0 Å². The van der Waals surface area contributed by atoms with Crippen LogP contribution < -0.4 is 4.74 Å². The molecule has 0 atom stereocenters. The van der Waals surface area contributed by atoms with Gasteiger partial charge in [-0.05, 0) is 64.2 Å². The number of ether oxygens (including phenoxy) is 1. The first-order valence-electron chi connectivity index (χ1n) is 8.98. The summed E-state index contributed by atoms with van der Waals surface area (Å²) >= 11 is 0. The van der Waals surface area contributed by atoms with Crippen LogP contribution in [-0.2, 0) is 0 Å². The minimum absolute atomic E-state index is 0.265. The van der Waals surface area contributed by atoms with Gasteiger partial charge in [-0.25, -0.2) is 4.98 Å². The van der Waals surface area contributed by atoms with Gasteiger partial charge < -0.3 is 4.74 Å². The highest BCUT2D eigenvalue weighted by molar-refractivity contribution is 5.68. The average Bonchev–Trinajstić information content (AvgIpc) is 2.60. The van der Waals surface area contributed by atoms with Crippen LogP contribution in [0.5, 0.6) is 5.88 Å². The fourth-order valence-corrected chi connectivity index (χ4v) is 2.85. The molecule has 2 aromatic rings. The topological polar surface area (TPSA) is 22.1 Å². The molecule has 0 bridgehead atoms. The second-order valence-electron chi connectivity index (χ2n) is 7.35. The Morgan fingerprint density at radius 2 is 1.80 bits per heavy atom. The van der Waals surface area contributed by atoms with Gasteiger partial charge in [0.05, 0.1) is 5.69 Å². The lowest BCUT2D eigenvalue weighted by atomic mass is 9.99. The van der Waals surface area contributed by atoms with Crippen LogP contribution in [0, 0.1) is 11.8 Å². The van der Waals surface area contributed by atoms with Crippen LogP contribution in [0.25, 0.3) is 11.3 Å². The van der Waals surface area contributed by atoms with Crippen LogP contribution in [0.3, 0.4) is 0 Å². The van der Waals surface area contributed by atoms with E-state index in [1.807, 2.05) is 51.1 Å². The molecule has 2 nitrogen and oxygen atoms in total. The van der Waals surface area contributed by atoms with Crippen molar-refractivity contribution in [2.75, 3.05) is 0 Å². The van der Waals surface area contributed by atoms with E-state index in [2.05, 4.69) is 35.0 Å². The Balaban J connectivity index is 1.92. The third kappa shape index (κ3) is 4.97. The zero-order chi connectivity index (χ0) is 17.7. The van der Waals surface area contributed by atoms with Gasteiger partial charge in [-0.3, -0.25) is 0 Å². The average molecular weight is 331 g/mol. The molecule has 0 amide bonds. The van der Waals surface area contributed by atoms with Crippen molar-refractivity contribution in [3.63, 3.8) is 0 Å². The standard InChI is InChI=1S/C23H25NO/c1-23(2,3)25-22-15-9-14-21(24-22)20-13-8-7-12-19(20)17-16-18-10-5-4-6-11-18/h7-10,12-15H,4-6,11H2,1-3H3. The fraction of sp³-hybridized carbons (Fsp3) is 0.348. The molecular weight excluding hydrogens is 306 g/mol. The molecule has 0 spiro atoms. The Morgan fingerprint density at radius 3 is 2.56 bits per heavy atom. The predicted octanol–water partition coefficient (Wildman–Crippen LogP) is 5.78. The number of nitrogens with zero attached hydrogens (tertiary/aromatic N) is 1. The zero-order valence-corrected chi connectivity index (χ0v) is 15.3. The van der Waals surface area contributed by atoms with E-state index in [1.165, 1.54) is 18.4 Å². The van der Waals surface area contributed by atoms with Crippen LogP contribution in [0.15, 0.2) is 54.1 Å². The number of benzene rings is 1. The van der Waals surface area contributed by atoms with Crippen molar-refractivity contribution >= 4 is 0 Å². The van der Waals surface area contributed by atoms with Crippen LogP contribution in [0.1, 0.15) is 52.0 Å². The summed E-state index contributed by atoms with van der Waals surface area (Å²) in [5.41, 5.74) is 3.95. The SMILES string of the molecule is CC(C)(C)Oc1cccc(-c2ccccc2C#CC2=CCCCC2)n1. The number of aromatic nitrogens is 1. The Labute approximate surface area is 151 Å². The zero-order valence-electron chi connectivity index (χ0n) is 15.3. The van der Waals surface area contributed by atoms with Gasteiger partial charge in [0.15, 0.2) is 0 Å². The summed E-state index contributed by atoms with van der Waals surface area (Å²) in [4.78, 5) is 4.68. The van der Waals surface area contributed by atoms with E-state index >= 15 is 0 Å². The lowest BCUT2D eigenvalue weighted by molar-refractivity contribution is 0.124. The molecule has 1 aromatic carbocycles. The van der Waals surface area contributed by atoms with Crippen molar-refractivity contribution in [3.05, 3.63) is 59.7 Å². The first-order valence-corrected chi connectivity index (χ1v) is 8.98. The summed E-state index contributed by atoms with van der Waals surface area (Å²) in [5.74, 6) is 7.34. The van der Waals surface area contributed by atoms with Crippen LogP contribution in [0.4, 0.5) is 0 Å². The summed E-state index contributed by atoms with van der Waals surface area (Å²) in [5, 5.41) is 0. The summed E-state index contributed by atoms with van der Waals surface area (Å²) in [6, 6.07) is 14.1. The van der Waals surface area contributed by atoms with Crippen molar-refractivity contribution in [3.8, 4) is 29.0 Å². The molecule has 0 N–H and O–H groups in total. The normalized spacial score (nSPS) is 14.3. The minimum atomic E-state index is -0.265. The highest BCUT2D eigenvalue weighted by Gasteiger charge is 2.13. The lowest BCUT2D eigenvalue weighted by Gasteiger charge is -2.20. The Kier molecular flexibility index (Phi) is 5.24. The van der Waals surface area contributed by atoms with E-state index in [0.717, 1.165) is 29.7 Å². The van der Waals surface area contributed by atoms with E-state index in [1.54, 1.807) is 0 Å². The molecule has 1 aromatic heterocycles. The highest BCUT2D eigenvalue weighted by Crippen LogP contribution is 2.25. The van der Waals surface area contributed by atoms with Gasteiger partial charge in [0.25, 0.3) is 0 Å². The molecule has 0 saturated carbocycles. The largest absolute Gasteiger partial charge is 0.472 e. The molecule has 1 heterocycles. The monoisotopic (exact) mass is 331 g/mol. The van der Waals surface area contributed by atoms with Gasteiger partial charge in [0.1, 0.15) is 5.60 Å². The first kappa shape index (κ1) is 17.3. The molecule has 3 rings (SSSR count). The molecule has 1 aliphatic carbocycles. The summed E-state index contributed by atoms with van der Waals surface area (Å²) in [6.45, 7) is 6.08. The second-order valence-corrected chi connectivity index (χ2v) is 7.35. The van der Waals surface area contributed by atoms with Gasteiger partial charge in [-0.15, -0.1) is 0 Å². The Bertz CT molecular complexity index is 831. The molecule has 0 saturated heterocycles. The van der Waals surface area contributed by atoms with E-state index < -0.39 is 0 Å². The van der Waals surface area contributed by atoms with Crippen LogP contribution >= 0.6 is 0 Å². The predicted molar refractivity (Wildman–Crippen MR) is 103 cm³/mol. The van der Waals surface area contributed by atoms with Crippen LogP contribution in [-0.4, -0.2) is 10.6 Å². The molecule has 0 fully saturated rings. The molecule has 25 heavy (non-hydrogen) atoms. The number of pyridine rings is 1. The third-order valence-corrected chi connectivity index (χ3v) is 3.99. The number of hydrogen-bond acceptors (Lipinski definition) is 2. The van der Waals surface area contributed by atoms with Gasteiger partial charge in [-0.2, -0.15) is 0 Å².